The van der Waals surface area contributed by atoms with E-state index in [2.05, 4.69) is 53.4 Å². The molecule has 134 valence electrons. The third-order valence-corrected chi connectivity index (χ3v) is 4.58. The van der Waals surface area contributed by atoms with E-state index >= 15 is 0 Å². The van der Waals surface area contributed by atoms with Crippen LogP contribution in [0.4, 0.5) is 0 Å². The molecule has 0 bridgehead atoms. The van der Waals surface area contributed by atoms with Crippen molar-refractivity contribution >= 4 is 17.7 Å². The summed E-state index contributed by atoms with van der Waals surface area (Å²) in [4.78, 5) is 4.69. The highest BCUT2D eigenvalue weighted by Gasteiger charge is 2.07. The highest BCUT2D eigenvalue weighted by molar-refractivity contribution is 7.99. The predicted octanol–water partition coefficient (Wildman–Crippen LogP) is 4.04. The number of guanidine groups is 1. The van der Waals surface area contributed by atoms with Crippen LogP contribution in [0.3, 0.4) is 0 Å². The molecule has 0 aliphatic rings. The van der Waals surface area contributed by atoms with Gasteiger partial charge in [0.15, 0.2) is 5.96 Å². The summed E-state index contributed by atoms with van der Waals surface area (Å²) in [5.74, 6) is 3.76. The third-order valence-electron chi connectivity index (χ3n) is 3.64. The fourth-order valence-corrected chi connectivity index (χ4v) is 2.88. The maximum absolute atomic E-state index is 5.38. The SMILES string of the molecule is C=CCSCCN=C(NCCc1ccco1)NC(C)c1ccccc1. The highest BCUT2D eigenvalue weighted by atomic mass is 32.2. The van der Waals surface area contributed by atoms with Crippen LogP contribution in [0, 0.1) is 0 Å². The van der Waals surface area contributed by atoms with E-state index in [9.17, 15) is 0 Å². The summed E-state index contributed by atoms with van der Waals surface area (Å²) in [5, 5.41) is 6.88. The van der Waals surface area contributed by atoms with Crippen LogP contribution in [0.2, 0.25) is 0 Å². The second-order valence-corrected chi connectivity index (χ2v) is 6.78. The topological polar surface area (TPSA) is 49.6 Å². The van der Waals surface area contributed by atoms with E-state index in [0.717, 1.165) is 42.7 Å². The van der Waals surface area contributed by atoms with Crippen LogP contribution in [0.25, 0.3) is 0 Å². The van der Waals surface area contributed by atoms with Crippen molar-refractivity contribution in [1.29, 1.82) is 0 Å². The van der Waals surface area contributed by atoms with Crippen molar-refractivity contribution in [3.8, 4) is 0 Å². The monoisotopic (exact) mass is 357 g/mol. The van der Waals surface area contributed by atoms with E-state index in [0.29, 0.717) is 0 Å². The van der Waals surface area contributed by atoms with E-state index in [-0.39, 0.29) is 6.04 Å². The van der Waals surface area contributed by atoms with E-state index in [1.165, 1.54) is 5.56 Å². The van der Waals surface area contributed by atoms with Gasteiger partial charge in [0.2, 0.25) is 0 Å². The molecule has 1 unspecified atom stereocenters. The molecule has 1 atom stereocenters. The van der Waals surface area contributed by atoms with E-state index in [1.54, 1.807) is 6.26 Å². The molecule has 1 aromatic heterocycles. The van der Waals surface area contributed by atoms with Gasteiger partial charge < -0.3 is 15.1 Å². The average molecular weight is 358 g/mol. The largest absolute Gasteiger partial charge is 0.469 e. The lowest BCUT2D eigenvalue weighted by Gasteiger charge is -2.18. The van der Waals surface area contributed by atoms with Crippen LogP contribution in [0.5, 0.6) is 0 Å². The van der Waals surface area contributed by atoms with Gasteiger partial charge in [0.25, 0.3) is 0 Å². The molecule has 1 heterocycles. The molecule has 0 fully saturated rings. The van der Waals surface area contributed by atoms with Crippen LogP contribution in [-0.4, -0.2) is 30.6 Å². The summed E-state index contributed by atoms with van der Waals surface area (Å²) in [6.07, 6.45) is 4.46. The summed E-state index contributed by atoms with van der Waals surface area (Å²) in [5.41, 5.74) is 1.24. The Morgan fingerprint density at radius 1 is 1.28 bits per heavy atom. The average Bonchev–Trinajstić information content (AvgIpc) is 3.15. The maximum atomic E-state index is 5.38. The number of benzene rings is 1. The molecule has 0 aliphatic heterocycles. The van der Waals surface area contributed by atoms with Crippen LogP contribution < -0.4 is 10.6 Å². The first-order valence-electron chi connectivity index (χ1n) is 8.60. The van der Waals surface area contributed by atoms with Crippen molar-refractivity contribution in [2.24, 2.45) is 4.99 Å². The minimum Gasteiger partial charge on any atom is -0.469 e. The molecule has 0 amide bonds. The third kappa shape index (κ3) is 7.52. The van der Waals surface area contributed by atoms with Crippen LogP contribution in [0.15, 0.2) is 70.8 Å². The highest BCUT2D eigenvalue weighted by Crippen LogP contribution is 2.10. The number of thioether (sulfide) groups is 1. The van der Waals surface area contributed by atoms with Gasteiger partial charge in [-0.2, -0.15) is 11.8 Å². The molecule has 0 radical (unpaired) electrons. The Bertz CT molecular complexity index is 626. The van der Waals surface area contributed by atoms with Crippen molar-refractivity contribution in [3.05, 3.63) is 72.7 Å². The molecule has 0 aliphatic carbocycles. The van der Waals surface area contributed by atoms with Crippen molar-refractivity contribution < 1.29 is 4.42 Å². The van der Waals surface area contributed by atoms with Gasteiger partial charge in [-0.3, -0.25) is 4.99 Å². The van der Waals surface area contributed by atoms with Gasteiger partial charge in [-0.15, -0.1) is 6.58 Å². The molecule has 2 rings (SSSR count). The van der Waals surface area contributed by atoms with Gasteiger partial charge in [0.05, 0.1) is 18.8 Å². The fraction of sp³-hybridized carbons (Fsp3) is 0.350. The number of nitrogens with one attached hydrogen (secondary N) is 2. The summed E-state index contributed by atoms with van der Waals surface area (Å²) in [7, 11) is 0. The van der Waals surface area contributed by atoms with Gasteiger partial charge in [0.1, 0.15) is 5.76 Å². The molecule has 25 heavy (non-hydrogen) atoms. The molecule has 2 N–H and O–H groups in total. The minimum atomic E-state index is 0.192. The minimum absolute atomic E-state index is 0.192. The molecule has 0 spiro atoms. The van der Waals surface area contributed by atoms with Crippen molar-refractivity contribution in [2.75, 3.05) is 24.6 Å². The van der Waals surface area contributed by atoms with E-state index < -0.39 is 0 Å². The van der Waals surface area contributed by atoms with Crippen molar-refractivity contribution in [2.45, 2.75) is 19.4 Å². The standard InChI is InChI=1S/C20H27N3OS/c1-3-15-25-16-13-22-20(21-12-11-19-10-7-14-24-19)23-17(2)18-8-5-4-6-9-18/h3-10,14,17H,1,11-13,15-16H2,2H3,(H2,21,22,23). The smallest absolute Gasteiger partial charge is 0.191 e. The fourth-order valence-electron chi connectivity index (χ4n) is 2.33. The molecule has 4 nitrogen and oxygen atoms in total. The van der Waals surface area contributed by atoms with Crippen molar-refractivity contribution in [1.82, 2.24) is 10.6 Å². The van der Waals surface area contributed by atoms with Gasteiger partial charge in [-0.1, -0.05) is 36.4 Å². The predicted molar refractivity (Wildman–Crippen MR) is 108 cm³/mol. The molecule has 5 heteroatoms. The van der Waals surface area contributed by atoms with Gasteiger partial charge in [0, 0.05) is 24.5 Å². The Hall–Kier alpha value is -2.14. The van der Waals surface area contributed by atoms with Crippen LogP contribution >= 0.6 is 11.8 Å². The summed E-state index contributed by atoms with van der Waals surface area (Å²) >= 11 is 1.84. The zero-order chi connectivity index (χ0) is 17.7. The van der Waals surface area contributed by atoms with Gasteiger partial charge in [-0.25, -0.2) is 0 Å². The van der Waals surface area contributed by atoms with E-state index in [1.807, 2.05) is 36.0 Å². The maximum Gasteiger partial charge on any atom is 0.191 e. The molecule has 0 saturated heterocycles. The molecular formula is C20H27N3OS. The lowest BCUT2D eigenvalue weighted by Crippen LogP contribution is -2.40. The van der Waals surface area contributed by atoms with Gasteiger partial charge in [-0.05, 0) is 24.6 Å². The van der Waals surface area contributed by atoms with Crippen LogP contribution in [0.1, 0.15) is 24.3 Å². The Morgan fingerprint density at radius 3 is 2.84 bits per heavy atom. The zero-order valence-corrected chi connectivity index (χ0v) is 15.6. The number of hydrogen-bond donors (Lipinski definition) is 2. The zero-order valence-electron chi connectivity index (χ0n) is 14.8. The summed E-state index contributed by atoms with van der Waals surface area (Å²) in [6, 6.07) is 14.5. The Balaban J connectivity index is 1.87. The molecule has 1 aromatic carbocycles. The number of aliphatic imine (C=N–C) groups is 1. The number of hydrogen-bond acceptors (Lipinski definition) is 3. The lowest BCUT2D eigenvalue weighted by atomic mass is 10.1. The second kappa shape index (κ2) is 11.4. The van der Waals surface area contributed by atoms with E-state index in [4.69, 9.17) is 4.42 Å². The number of rotatable bonds is 10. The number of nitrogens with zero attached hydrogens (tertiary/aromatic N) is 1. The normalized spacial score (nSPS) is 12.6. The molecule has 0 saturated carbocycles. The second-order valence-electron chi connectivity index (χ2n) is 5.63. The number of furan rings is 1. The van der Waals surface area contributed by atoms with Crippen molar-refractivity contribution in [3.63, 3.8) is 0 Å². The molecule has 2 aromatic rings. The first kappa shape index (κ1) is 19.2. The quantitative estimate of drug-likeness (QED) is 0.292. The van der Waals surface area contributed by atoms with Crippen LogP contribution in [-0.2, 0) is 6.42 Å². The first-order valence-corrected chi connectivity index (χ1v) is 9.76. The summed E-state index contributed by atoms with van der Waals surface area (Å²) < 4.78 is 5.38. The Kier molecular flexibility index (Phi) is 8.77. The Morgan fingerprint density at radius 2 is 2.12 bits per heavy atom. The molecular weight excluding hydrogens is 330 g/mol. The summed E-state index contributed by atoms with van der Waals surface area (Å²) in [6.45, 7) is 7.44. The lowest BCUT2D eigenvalue weighted by molar-refractivity contribution is 0.506. The van der Waals surface area contributed by atoms with Gasteiger partial charge >= 0.3 is 0 Å². The first-order chi connectivity index (χ1) is 12.3. The Labute approximate surface area is 154 Å².